The van der Waals surface area contributed by atoms with Crippen molar-refractivity contribution in [2.45, 2.75) is 19.3 Å². The van der Waals surface area contributed by atoms with Crippen molar-refractivity contribution in [3.8, 4) is 0 Å². The van der Waals surface area contributed by atoms with Crippen molar-refractivity contribution in [3.63, 3.8) is 0 Å². The molecule has 17 heavy (non-hydrogen) atoms. The Hall–Kier alpha value is 0.0200. The van der Waals surface area contributed by atoms with Crippen LogP contribution >= 0.6 is 0 Å². The molecule has 1 aliphatic heterocycles. The van der Waals surface area contributed by atoms with Crippen molar-refractivity contribution < 1.29 is 12.6 Å². The van der Waals surface area contributed by atoms with Gasteiger partial charge in [0.15, 0.2) is 0 Å². The number of hydrogen-bond donors (Lipinski definition) is 2. The second kappa shape index (κ2) is 7.45. The second-order valence-electron chi connectivity index (χ2n) is 4.50. The molecule has 1 saturated heterocycles. The van der Waals surface area contributed by atoms with E-state index in [1.54, 1.807) is 6.26 Å². The first-order chi connectivity index (χ1) is 7.99. The minimum atomic E-state index is -3.16. The maximum absolute atomic E-state index is 11.7. The van der Waals surface area contributed by atoms with Crippen LogP contribution in [-0.2, 0) is 20.8 Å². The van der Waals surface area contributed by atoms with E-state index in [1.165, 1.54) is 0 Å². The quantitative estimate of drug-likeness (QED) is 0.627. The Morgan fingerprint density at radius 2 is 2.00 bits per heavy atom. The van der Waals surface area contributed by atoms with Crippen LogP contribution in [0.2, 0.25) is 0 Å². The van der Waals surface area contributed by atoms with E-state index in [0.717, 1.165) is 25.9 Å². The van der Waals surface area contributed by atoms with Gasteiger partial charge in [-0.2, -0.15) is 0 Å². The van der Waals surface area contributed by atoms with Crippen molar-refractivity contribution in [3.05, 3.63) is 0 Å². The summed E-state index contributed by atoms with van der Waals surface area (Å²) in [5.41, 5.74) is 0. The van der Waals surface area contributed by atoms with Gasteiger partial charge in [0.25, 0.3) is 0 Å². The van der Waals surface area contributed by atoms with Gasteiger partial charge in [0.05, 0.1) is 5.75 Å². The summed E-state index contributed by atoms with van der Waals surface area (Å²) in [5, 5.41) is 3.22. The summed E-state index contributed by atoms with van der Waals surface area (Å²) >= 11 is 0. The monoisotopic (exact) mass is 282 g/mol. The molecule has 1 atom stereocenters. The average molecular weight is 282 g/mol. The molecule has 1 unspecified atom stereocenters. The molecular formula is C10H22N2O3S2. The fourth-order valence-electron chi connectivity index (χ4n) is 1.92. The maximum atomic E-state index is 11.7. The van der Waals surface area contributed by atoms with Gasteiger partial charge in [-0.25, -0.2) is 13.1 Å². The van der Waals surface area contributed by atoms with Crippen molar-refractivity contribution in [2.24, 2.45) is 5.92 Å². The fourth-order valence-corrected chi connectivity index (χ4v) is 4.00. The van der Waals surface area contributed by atoms with Crippen LogP contribution in [0, 0.1) is 5.92 Å². The Morgan fingerprint density at radius 1 is 1.35 bits per heavy atom. The summed E-state index contributed by atoms with van der Waals surface area (Å²) in [6, 6.07) is 0. The third kappa shape index (κ3) is 7.13. The van der Waals surface area contributed by atoms with Gasteiger partial charge in [0.1, 0.15) is 0 Å². The van der Waals surface area contributed by atoms with E-state index >= 15 is 0 Å². The highest BCUT2D eigenvalue weighted by atomic mass is 32.2. The molecule has 0 aliphatic carbocycles. The summed E-state index contributed by atoms with van der Waals surface area (Å²) in [5.74, 6) is 1.05. The van der Waals surface area contributed by atoms with E-state index in [4.69, 9.17) is 0 Å². The topological polar surface area (TPSA) is 75.3 Å². The molecule has 0 aromatic heterocycles. The molecule has 0 aromatic rings. The van der Waals surface area contributed by atoms with Gasteiger partial charge in [0.2, 0.25) is 10.0 Å². The molecular weight excluding hydrogens is 260 g/mol. The van der Waals surface area contributed by atoms with Crippen LogP contribution in [0.25, 0.3) is 0 Å². The standard InChI is InChI=1S/C10H22N2O3S2/c1-16(13)8-2-5-12-17(14,15)9-10-3-6-11-7-4-10/h10-12H,2-9H2,1H3. The van der Waals surface area contributed by atoms with Crippen molar-refractivity contribution in [1.82, 2.24) is 10.0 Å². The van der Waals surface area contributed by atoms with Crippen LogP contribution in [0.4, 0.5) is 0 Å². The highest BCUT2D eigenvalue weighted by molar-refractivity contribution is 7.89. The van der Waals surface area contributed by atoms with Gasteiger partial charge >= 0.3 is 0 Å². The summed E-state index contributed by atoms with van der Waals surface area (Å²) in [6.45, 7) is 2.22. The lowest BCUT2D eigenvalue weighted by Crippen LogP contribution is -2.36. The molecule has 2 N–H and O–H groups in total. The molecule has 5 nitrogen and oxygen atoms in total. The van der Waals surface area contributed by atoms with E-state index in [0.29, 0.717) is 18.7 Å². The zero-order valence-electron chi connectivity index (χ0n) is 10.3. The molecule has 1 heterocycles. The van der Waals surface area contributed by atoms with Crippen LogP contribution in [-0.4, -0.2) is 50.0 Å². The van der Waals surface area contributed by atoms with Crippen LogP contribution in [0.5, 0.6) is 0 Å². The Bertz CT molecular complexity index is 337. The first kappa shape index (κ1) is 15.1. The van der Waals surface area contributed by atoms with Crippen molar-refractivity contribution in [2.75, 3.05) is 37.4 Å². The predicted molar refractivity (Wildman–Crippen MR) is 70.9 cm³/mol. The van der Waals surface area contributed by atoms with Crippen LogP contribution < -0.4 is 10.0 Å². The lowest BCUT2D eigenvalue weighted by molar-refractivity contribution is 0.400. The Morgan fingerprint density at radius 3 is 2.59 bits per heavy atom. The molecule has 0 saturated carbocycles. The van der Waals surface area contributed by atoms with E-state index in [2.05, 4.69) is 10.0 Å². The molecule has 0 amide bonds. The molecule has 1 aliphatic rings. The first-order valence-electron chi connectivity index (χ1n) is 5.98. The number of sulfonamides is 1. The van der Waals surface area contributed by atoms with Gasteiger partial charge in [-0.05, 0) is 38.3 Å². The molecule has 1 rings (SSSR count). The van der Waals surface area contributed by atoms with Gasteiger partial charge in [0, 0.05) is 29.4 Å². The zero-order valence-corrected chi connectivity index (χ0v) is 11.9. The van der Waals surface area contributed by atoms with E-state index in [1.807, 2.05) is 0 Å². The smallest absolute Gasteiger partial charge is 0.211 e. The fraction of sp³-hybridized carbons (Fsp3) is 1.00. The SMILES string of the molecule is CS(=O)CCCNS(=O)(=O)CC1CCNCC1. The van der Waals surface area contributed by atoms with Gasteiger partial charge in [-0.15, -0.1) is 0 Å². The Labute approximate surface area is 106 Å². The molecule has 0 spiro atoms. The van der Waals surface area contributed by atoms with E-state index < -0.39 is 20.8 Å². The lowest BCUT2D eigenvalue weighted by Gasteiger charge is -2.22. The molecule has 102 valence electrons. The number of rotatable bonds is 7. The first-order valence-corrected chi connectivity index (χ1v) is 9.35. The summed E-state index contributed by atoms with van der Waals surface area (Å²) < 4.78 is 36.9. The second-order valence-corrected chi connectivity index (χ2v) is 7.91. The highest BCUT2D eigenvalue weighted by Gasteiger charge is 2.20. The molecule has 0 bridgehead atoms. The third-order valence-electron chi connectivity index (χ3n) is 2.84. The minimum absolute atomic E-state index is 0.226. The summed E-state index contributed by atoms with van der Waals surface area (Å²) in [4.78, 5) is 0. The highest BCUT2D eigenvalue weighted by Crippen LogP contribution is 2.13. The van der Waals surface area contributed by atoms with Gasteiger partial charge in [-0.3, -0.25) is 4.21 Å². The zero-order chi connectivity index (χ0) is 12.7. The normalized spacial score (nSPS) is 20.3. The van der Waals surface area contributed by atoms with Crippen LogP contribution in [0.3, 0.4) is 0 Å². The average Bonchev–Trinajstić information content (AvgIpc) is 2.25. The minimum Gasteiger partial charge on any atom is -0.317 e. The largest absolute Gasteiger partial charge is 0.317 e. The number of piperidine rings is 1. The summed E-state index contributed by atoms with van der Waals surface area (Å²) in [6.07, 6.45) is 4.12. The van der Waals surface area contributed by atoms with Crippen LogP contribution in [0.1, 0.15) is 19.3 Å². The Balaban J connectivity index is 2.22. The molecule has 0 radical (unpaired) electrons. The summed E-state index contributed by atoms with van der Waals surface area (Å²) in [7, 11) is -4.00. The molecule has 0 aromatic carbocycles. The number of hydrogen-bond acceptors (Lipinski definition) is 4. The lowest BCUT2D eigenvalue weighted by atomic mass is 10.0. The number of nitrogens with one attached hydrogen (secondary N) is 2. The maximum Gasteiger partial charge on any atom is 0.211 e. The van der Waals surface area contributed by atoms with Crippen LogP contribution in [0.15, 0.2) is 0 Å². The molecule has 1 fully saturated rings. The van der Waals surface area contributed by atoms with Crippen molar-refractivity contribution >= 4 is 20.8 Å². The van der Waals surface area contributed by atoms with E-state index in [9.17, 15) is 12.6 Å². The van der Waals surface area contributed by atoms with Gasteiger partial charge in [-0.1, -0.05) is 0 Å². The predicted octanol–water partition coefficient (Wildman–Crippen LogP) is -0.326. The van der Waals surface area contributed by atoms with Crippen molar-refractivity contribution in [1.29, 1.82) is 0 Å². The molecule has 7 heteroatoms. The van der Waals surface area contributed by atoms with Gasteiger partial charge < -0.3 is 5.32 Å². The third-order valence-corrected chi connectivity index (χ3v) is 5.26. The van der Waals surface area contributed by atoms with E-state index in [-0.39, 0.29) is 11.7 Å². The Kier molecular flexibility index (Phi) is 6.61.